The molecule has 1 N–H and O–H groups in total. The summed E-state index contributed by atoms with van der Waals surface area (Å²) in [6, 6.07) is 15.5. The van der Waals surface area contributed by atoms with Gasteiger partial charge < -0.3 is 22.1 Å². The minimum absolute atomic E-state index is 0. The van der Waals surface area contributed by atoms with E-state index in [2.05, 4.69) is 21.6 Å². The number of benzene rings is 2. The number of β-amino-alcohol motifs (C(OH)–C–C–N with tert-alkyl or cyclic N) is 1. The second-order valence-electron chi connectivity index (χ2n) is 6.00. The predicted molar refractivity (Wildman–Crippen MR) is 101 cm³/mol. The number of amidine groups is 1. The largest absolute Gasteiger partial charge is 1.00 e. The van der Waals surface area contributed by atoms with Gasteiger partial charge in [0.25, 0.3) is 5.72 Å². The van der Waals surface area contributed by atoms with Gasteiger partial charge in [0.15, 0.2) is 6.54 Å². The molecule has 0 bridgehead atoms. The lowest BCUT2D eigenvalue weighted by molar-refractivity contribution is -0.656. The summed E-state index contributed by atoms with van der Waals surface area (Å²) in [5, 5.41) is 13.7. The fourth-order valence-corrected chi connectivity index (χ4v) is 5.09. The highest BCUT2D eigenvalue weighted by Crippen LogP contribution is 2.40. The van der Waals surface area contributed by atoms with Crippen LogP contribution in [-0.2, 0) is 5.72 Å². The first-order chi connectivity index (χ1) is 11.6. The lowest BCUT2D eigenvalue weighted by atomic mass is 10.0. The molecule has 1 unspecified atom stereocenters. The summed E-state index contributed by atoms with van der Waals surface area (Å²) in [6.45, 7) is 1.25. The van der Waals surface area contributed by atoms with Crippen LogP contribution in [0, 0.1) is 0 Å². The molecule has 0 saturated heterocycles. The first kappa shape index (κ1) is 19.1. The summed E-state index contributed by atoms with van der Waals surface area (Å²) in [5.41, 5.74) is 0.625. The third kappa shape index (κ3) is 3.33. The van der Waals surface area contributed by atoms with E-state index >= 15 is 0 Å². The first-order valence-corrected chi connectivity index (χ1v) is 9.62. The van der Waals surface area contributed by atoms with Crippen molar-refractivity contribution in [2.24, 2.45) is 0 Å². The zero-order valence-electron chi connectivity index (χ0n) is 13.3. The number of hydrogen-bond acceptors (Lipinski definition) is 3. The first-order valence-electron chi connectivity index (χ1n) is 7.87. The van der Waals surface area contributed by atoms with Gasteiger partial charge in [-0.2, -0.15) is 0 Å². The van der Waals surface area contributed by atoms with Gasteiger partial charge in [0.1, 0.15) is 5.69 Å². The Balaban J connectivity index is 0.00000182. The molecule has 0 aliphatic carbocycles. The molecule has 1 atom stereocenters. The number of halogens is 3. The number of rotatable bonds is 2. The van der Waals surface area contributed by atoms with Crippen molar-refractivity contribution in [1.82, 2.24) is 0 Å². The van der Waals surface area contributed by atoms with Gasteiger partial charge in [-0.05, 0) is 48.5 Å². The summed E-state index contributed by atoms with van der Waals surface area (Å²) in [5.74, 6) is 1.06. The Hall–Kier alpha value is -0.720. The van der Waals surface area contributed by atoms with Crippen molar-refractivity contribution in [1.29, 1.82) is 0 Å². The average Bonchev–Trinajstić information content (AvgIpc) is 2.90. The van der Waals surface area contributed by atoms with E-state index in [0.29, 0.717) is 22.2 Å². The number of para-hydroxylation sites is 1. The van der Waals surface area contributed by atoms with Crippen LogP contribution in [0.2, 0.25) is 10.0 Å². The van der Waals surface area contributed by atoms with Crippen LogP contribution >= 0.6 is 35.0 Å². The van der Waals surface area contributed by atoms with E-state index in [9.17, 15) is 5.11 Å². The van der Waals surface area contributed by atoms with E-state index in [1.165, 1.54) is 0 Å². The highest BCUT2D eigenvalue weighted by molar-refractivity contribution is 8.13. The second kappa shape index (κ2) is 7.49. The molecule has 0 aromatic heterocycles. The maximum absolute atomic E-state index is 11.6. The number of hydrogen-bond donors (Lipinski definition) is 1. The standard InChI is InChI=1S/C18H17Cl2N2OS.BrH/c19-13-7-8-15(16(20)11-13)18(23)12-21(14-5-2-1-3-6-14)17-22(18)9-4-10-24-17;/h1-3,5-8,11,23H,4,9-10,12H2;1H/q+1;/p-1. The van der Waals surface area contributed by atoms with Crippen LogP contribution in [0.5, 0.6) is 0 Å². The van der Waals surface area contributed by atoms with Crippen LogP contribution in [0.1, 0.15) is 12.0 Å². The SMILES string of the molecule is OC1(c2ccc(Cl)cc2Cl)CN(c2ccccc2)C2=[N+]1CCCS2.[Br-]. The Kier molecular flexibility index (Phi) is 5.71. The highest BCUT2D eigenvalue weighted by Gasteiger charge is 2.54. The summed E-state index contributed by atoms with van der Waals surface area (Å²) in [6.07, 6.45) is 1.03. The van der Waals surface area contributed by atoms with E-state index < -0.39 is 5.72 Å². The van der Waals surface area contributed by atoms with Crippen molar-refractivity contribution in [2.75, 3.05) is 23.7 Å². The minimum atomic E-state index is -1.15. The van der Waals surface area contributed by atoms with Crippen LogP contribution in [0.15, 0.2) is 48.5 Å². The summed E-state index contributed by atoms with van der Waals surface area (Å²) >= 11 is 14.2. The molecule has 2 aromatic carbocycles. The van der Waals surface area contributed by atoms with E-state index in [0.717, 1.165) is 29.6 Å². The molecule has 2 heterocycles. The lowest BCUT2D eigenvalue weighted by Crippen LogP contribution is -3.00. The number of anilines is 1. The van der Waals surface area contributed by atoms with Gasteiger partial charge in [-0.15, -0.1) is 0 Å². The minimum Gasteiger partial charge on any atom is -1.00 e. The number of aliphatic hydroxyl groups is 1. The van der Waals surface area contributed by atoms with E-state index in [4.69, 9.17) is 23.2 Å². The van der Waals surface area contributed by atoms with Gasteiger partial charge in [-0.1, -0.05) is 41.4 Å². The normalized spacial score (nSPS) is 22.6. The number of nitrogens with zero attached hydrogens (tertiary/aromatic N) is 2. The molecule has 4 rings (SSSR count). The van der Waals surface area contributed by atoms with Crippen molar-refractivity contribution < 1.29 is 26.7 Å². The van der Waals surface area contributed by atoms with Gasteiger partial charge in [0, 0.05) is 10.8 Å². The van der Waals surface area contributed by atoms with Crippen LogP contribution in [-0.4, -0.2) is 33.7 Å². The van der Waals surface area contributed by atoms with Gasteiger partial charge >= 0.3 is 5.17 Å². The van der Waals surface area contributed by atoms with Crippen molar-refractivity contribution >= 4 is 45.8 Å². The van der Waals surface area contributed by atoms with Crippen LogP contribution in [0.4, 0.5) is 5.69 Å². The lowest BCUT2D eigenvalue weighted by Gasteiger charge is -2.25. The molecule has 0 fully saturated rings. The smallest absolute Gasteiger partial charge is 0.316 e. The van der Waals surface area contributed by atoms with Crippen LogP contribution in [0.3, 0.4) is 0 Å². The molecule has 2 aliphatic rings. The van der Waals surface area contributed by atoms with Crippen molar-refractivity contribution in [3.8, 4) is 0 Å². The van der Waals surface area contributed by atoms with Gasteiger partial charge in [-0.25, -0.2) is 9.48 Å². The van der Waals surface area contributed by atoms with Gasteiger partial charge in [0.05, 0.1) is 17.1 Å². The van der Waals surface area contributed by atoms with Crippen LogP contribution in [0.25, 0.3) is 0 Å². The van der Waals surface area contributed by atoms with Crippen molar-refractivity contribution in [2.45, 2.75) is 12.1 Å². The fraction of sp³-hybridized carbons (Fsp3) is 0.278. The topological polar surface area (TPSA) is 26.5 Å². The Morgan fingerprint density at radius 1 is 1.12 bits per heavy atom. The molecule has 0 amide bonds. The second-order valence-corrected chi connectivity index (χ2v) is 7.90. The number of thioether (sulfide) groups is 1. The molecule has 25 heavy (non-hydrogen) atoms. The molecular formula is C18H17BrCl2N2OS. The van der Waals surface area contributed by atoms with E-state index in [-0.39, 0.29) is 17.0 Å². The third-order valence-corrected chi connectivity index (χ3v) is 6.21. The quantitative estimate of drug-likeness (QED) is 0.683. The Bertz CT molecular complexity index is 818. The Labute approximate surface area is 172 Å². The third-order valence-electron chi connectivity index (χ3n) is 4.47. The molecule has 0 radical (unpaired) electrons. The Morgan fingerprint density at radius 3 is 2.60 bits per heavy atom. The molecule has 3 nitrogen and oxygen atoms in total. The molecule has 0 saturated carbocycles. The summed E-state index contributed by atoms with van der Waals surface area (Å²) < 4.78 is 2.07. The Morgan fingerprint density at radius 2 is 1.88 bits per heavy atom. The summed E-state index contributed by atoms with van der Waals surface area (Å²) in [4.78, 5) is 2.18. The molecule has 7 heteroatoms. The summed E-state index contributed by atoms with van der Waals surface area (Å²) in [7, 11) is 0. The zero-order chi connectivity index (χ0) is 16.7. The van der Waals surface area contributed by atoms with E-state index in [1.807, 2.05) is 24.3 Å². The van der Waals surface area contributed by atoms with Gasteiger partial charge in [0.2, 0.25) is 0 Å². The van der Waals surface area contributed by atoms with Crippen molar-refractivity contribution in [3.05, 3.63) is 64.1 Å². The molecular weight excluding hydrogens is 443 g/mol. The van der Waals surface area contributed by atoms with E-state index in [1.54, 1.807) is 23.9 Å². The monoisotopic (exact) mass is 458 g/mol. The van der Waals surface area contributed by atoms with Gasteiger partial charge in [-0.3, -0.25) is 0 Å². The molecule has 2 aromatic rings. The predicted octanol–water partition coefficient (Wildman–Crippen LogP) is 1.17. The van der Waals surface area contributed by atoms with Crippen LogP contribution < -0.4 is 21.9 Å². The van der Waals surface area contributed by atoms with Crippen molar-refractivity contribution in [3.63, 3.8) is 0 Å². The fourth-order valence-electron chi connectivity index (χ4n) is 3.35. The molecule has 132 valence electrons. The average molecular weight is 460 g/mol. The maximum Gasteiger partial charge on any atom is 0.316 e. The maximum atomic E-state index is 11.6. The highest BCUT2D eigenvalue weighted by atomic mass is 79.9. The molecule has 2 aliphatic heterocycles. The molecule has 0 spiro atoms. The zero-order valence-corrected chi connectivity index (χ0v) is 17.2.